The Labute approximate surface area is 290 Å². The average Bonchev–Trinajstić information content (AvgIpc) is 3.71. The Bertz CT molecular complexity index is 1630. The number of hydrogen-bond acceptors (Lipinski definition) is 8. The van der Waals surface area contributed by atoms with Gasteiger partial charge in [-0.3, -0.25) is 14.4 Å². The number of likely N-dealkylation sites (tertiary alicyclic amines) is 1. The first-order chi connectivity index (χ1) is 23.0. The van der Waals surface area contributed by atoms with E-state index in [4.69, 9.17) is 13.6 Å². The Morgan fingerprint density at radius 1 is 0.939 bits per heavy atom. The SMILES string of the molecule is CC(C)C(NC(=O)C1CCCN1C(=O)C(NC(=O)OCc1ccccc1)C(C)C)C(=O)c1nc2cc(CO[Si](C)(C)C(C)(C)C)ccc2o1. The van der Waals surface area contributed by atoms with Crippen LogP contribution in [0.1, 0.15) is 83.1 Å². The summed E-state index contributed by atoms with van der Waals surface area (Å²) in [5, 5.41) is 5.66. The molecule has 0 aliphatic carbocycles. The predicted molar refractivity (Wildman–Crippen MR) is 190 cm³/mol. The van der Waals surface area contributed by atoms with Crippen LogP contribution in [0, 0.1) is 11.8 Å². The van der Waals surface area contributed by atoms with Gasteiger partial charge in [0.05, 0.1) is 12.6 Å². The number of aromatic nitrogens is 1. The monoisotopic (exact) mass is 692 g/mol. The van der Waals surface area contributed by atoms with E-state index < -0.39 is 44.2 Å². The molecule has 2 heterocycles. The van der Waals surface area contributed by atoms with E-state index in [1.165, 1.54) is 4.90 Å². The number of carbonyl (C=O) groups excluding carboxylic acids is 4. The number of ketones is 1. The summed E-state index contributed by atoms with van der Waals surface area (Å²) in [4.78, 5) is 59.8. The number of amides is 3. The van der Waals surface area contributed by atoms with Crippen molar-refractivity contribution in [1.29, 1.82) is 0 Å². The van der Waals surface area contributed by atoms with E-state index in [0.717, 1.165) is 11.1 Å². The molecule has 3 amide bonds. The summed E-state index contributed by atoms with van der Waals surface area (Å²) in [5.74, 6) is -1.89. The van der Waals surface area contributed by atoms with Gasteiger partial charge in [0.2, 0.25) is 17.6 Å². The van der Waals surface area contributed by atoms with Crippen molar-refractivity contribution in [2.24, 2.45) is 11.8 Å². The number of rotatable bonds is 13. The second-order valence-corrected chi connectivity index (χ2v) is 19.9. The Morgan fingerprint density at radius 3 is 2.24 bits per heavy atom. The number of benzene rings is 2. The van der Waals surface area contributed by atoms with Gasteiger partial charge >= 0.3 is 6.09 Å². The van der Waals surface area contributed by atoms with Crippen LogP contribution >= 0.6 is 0 Å². The fourth-order valence-electron chi connectivity index (χ4n) is 5.45. The molecule has 1 saturated heterocycles. The highest BCUT2D eigenvalue weighted by atomic mass is 28.4. The molecular weight excluding hydrogens is 641 g/mol. The second-order valence-electron chi connectivity index (χ2n) is 15.1. The van der Waals surface area contributed by atoms with Gasteiger partial charge in [0.15, 0.2) is 13.9 Å². The van der Waals surface area contributed by atoms with Crippen molar-refractivity contribution >= 4 is 43.1 Å². The van der Waals surface area contributed by atoms with E-state index >= 15 is 0 Å². The number of hydrogen-bond donors (Lipinski definition) is 2. The predicted octanol–water partition coefficient (Wildman–Crippen LogP) is 6.62. The lowest BCUT2D eigenvalue weighted by molar-refractivity contribution is -0.141. The van der Waals surface area contributed by atoms with E-state index in [-0.39, 0.29) is 35.3 Å². The van der Waals surface area contributed by atoms with Crippen LogP contribution < -0.4 is 10.6 Å². The molecule has 4 rings (SSSR count). The normalized spacial score (nSPS) is 16.6. The van der Waals surface area contributed by atoms with Gasteiger partial charge in [-0.2, -0.15) is 0 Å². The minimum absolute atomic E-state index is 0.0674. The van der Waals surface area contributed by atoms with E-state index in [2.05, 4.69) is 49.5 Å². The van der Waals surface area contributed by atoms with Gasteiger partial charge in [0.25, 0.3) is 5.89 Å². The van der Waals surface area contributed by atoms with Crippen molar-refractivity contribution in [3.05, 3.63) is 65.5 Å². The van der Waals surface area contributed by atoms with Crippen LogP contribution in [0.2, 0.25) is 18.1 Å². The van der Waals surface area contributed by atoms with Gasteiger partial charge in [-0.15, -0.1) is 0 Å². The third-order valence-corrected chi connectivity index (χ3v) is 14.1. The fourth-order valence-corrected chi connectivity index (χ4v) is 6.41. The van der Waals surface area contributed by atoms with E-state index in [1.54, 1.807) is 6.07 Å². The van der Waals surface area contributed by atoms with E-state index in [1.807, 2.05) is 70.2 Å². The van der Waals surface area contributed by atoms with Gasteiger partial charge in [-0.1, -0.05) is 84.9 Å². The number of alkyl carbamates (subject to hydrolysis) is 1. The summed E-state index contributed by atoms with van der Waals surface area (Å²) in [6.07, 6.45) is 0.331. The third kappa shape index (κ3) is 9.36. The minimum Gasteiger partial charge on any atom is -0.445 e. The number of carbonyl (C=O) groups is 4. The zero-order valence-electron chi connectivity index (χ0n) is 30.3. The van der Waals surface area contributed by atoms with Crippen LogP contribution in [-0.4, -0.2) is 66.6 Å². The molecule has 0 bridgehead atoms. The van der Waals surface area contributed by atoms with Crippen molar-refractivity contribution in [3.8, 4) is 0 Å². The zero-order valence-corrected chi connectivity index (χ0v) is 31.3. The molecule has 49 heavy (non-hydrogen) atoms. The van der Waals surface area contributed by atoms with Gasteiger partial charge in [-0.25, -0.2) is 9.78 Å². The molecule has 0 spiro atoms. The summed E-state index contributed by atoms with van der Waals surface area (Å²) in [7, 11) is -1.96. The number of oxazole rings is 1. The quantitative estimate of drug-likeness (QED) is 0.151. The Morgan fingerprint density at radius 2 is 1.61 bits per heavy atom. The molecule has 1 fully saturated rings. The standard InChI is InChI=1S/C37H52N4O7Si/c1-23(2)30(32(42)34-38-27-20-26(17-18-29(27)48-34)22-47-49(8,9)37(5,6)7)39-33(43)28-16-13-19-41(28)35(44)31(24(3)4)40-36(45)46-21-25-14-11-10-12-15-25/h10-12,14-15,17-18,20,23-24,28,30-31H,13,16,19,21-22H2,1-9H3,(H,39,43)(H,40,45). The zero-order chi connectivity index (χ0) is 36.1. The lowest BCUT2D eigenvalue weighted by Gasteiger charge is -2.36. The van der Waals surface area contributed by atoms with Crippen molar-refractivity contribution in [2.75, 3.05) is 6.54 Å². The molecule has 3 atom stereocenters. The number of nitrogens with one attached hydrogen (secondary N) is 2. The summed E-state index contributed by atoms with van der Waals surface area (Å²) in [6, 6.07) is 12.2. The molecule has 12 heteroatoms. The molecular formula is C37H52N4O7Si. The topological polar surface area (TPSA) is 140 Å². The largest absolute Gasteiger partial charge is 0.445 e. The smallest absolute Gasteiger partial charge is 0.408 e. The molecule has 2 aromatic carbocycles. The Kier molecular flexibility index (Phi) is 12.1. The molecule has 1 aliphatic heterocycles. The van der Waals surface area contributed by atoms with Crippen LogP contribution in [0.5, 0.6) is 0 Å². The highest BCUT2D eigenvalue weighted by Gasteiger charge is 2.41. The molecule has 0 saturated carbocycles. The number of Topliss-reactive ketones (excluding diaryl/α,β-unsaturated/α-hetero) is 1. The lowest BCUT2D eigenvalue weighted by Crippen LogP contribution is -2.57. The number of nitrogens with zero attached hydrogens (tertiary/aromatic N) is 2. The van der Waals surface area contributed by atoms with Gasteiger partial charge in [-0.05, 0) is 66.1 Å². The first-order valence-electron chi connectivity index (χ1n) is 17.1. The van der Waals surface area contributed by atoms with Gasteiger partial charge < -0.3 is 29.1 Å². The maximum absolute atomic E-state index is 13.7. The van der Waals surface area contributed by atoms with Crippen LogP contribution in [0.4, 0.5) is 4.79 Å². The van der Waals surface area contributed by atoms with Crippen LogP contribution in [-0.2, 0) is 32.0 Å². The highest BCUT2D eigenvalue weighted by Crippen LogP contribution is 2.37. The first-order valence-corrected chi connectivity index (χ1v) is 20.0. The summed E-state index contributed by atoms with van der Waals surface area (Å²) < 4.78 is 17.6. The number of ether oxygens (including phenoxy) is 1. The van der Waals surface area contributed by atoms with Crippen LogP contribution in [0.25, 0.3) is 11.1 Å². The van der Waals surface area contributed by atoms with Crippen molar-refractivity contribution in [2.45, 2.75) is 111 Å². The number of fused-ring (bicyclic) bond motifs is 1. The summed E-state index contributed by atoms with van der Waals surface area (Å²) in [6.45, 7) is 19.1. The Balaban J connectivity index is 1.42. The highest BCUT2D eigenvalue weighted by molar-refractivity contribution is 6.74. The molecule has 2 N–H and O–H groups in total. The van der Waals surface area contributed by atoms with Crippen LogP contribution in [0.15, 0.2) is 52.9 Å². The second kappa shape index (κ2) is 15.7. The molecule has 1 aliphatic rings. The molecule has 11 nitrogen and oxygen atoms in total. The third-order valence-electron chi connectivity index (χ3n) is 9.57. The lowest BCUT2D eigenvalue weighted by atomic mass is 9.98. The van der Waals surface area contributed by atoms with Gasteiger partial charge in [0, 0.05) is 6.54 Å². The molecule has 266 valence electrons. The van der Waals surface area contributed by atoms with Crippen LogP contribution in [0.3, 0.4) is 0 Å². The maximum Gasteiger partial charge on any atom is 0.408 e. The summed E-state index contributed by atoms with van der Waals surface area (Å²) in [5.41, 5.74) is 2.76. The molecule has 0 radical (unpaired) electrons. The average molecular weight is 693 g/mol. The molecule has 3 aromatic rings. The van der Waals surface area contributed by atoms with E-state index in [0.29, 0.717) is 37.1 Å². The minimum atomic E-state index is -1.96. The molecule has 1 aromatic heterocycles. The maximum atomic E-state index is 13.7. The van der Waals surface area contributed by atoms with Gasteiger partial charge in [0.1, 0.15) is 24.2 Å². The van der Waals surface area contributed by atoms with Crippen molar-refractivity contribution in [1.82, 2.24) is 20.5 Å². The van der Waals surface area contributed by atoms with Crippen molar-refractivity contribution in [3.63, 3.8) is 0 Å². The Hall–Kier alpha value is -4.03. The molecule has 3 unspecified atom stereocenters. The fraction of sp³-hybridized carbons (Fsp3) is 0.541. The summed E-state index contributed by atoms with van der Waals surface area (Å²) >= 11 is 0. The van der Waals surface area contributed by atoms with Crippen molar-refractivity contribution < 1.29 is 32.8 Å². The first kappa shape index (κ1) is 37.8. The van der Waals surface area contributed by atoms with E-state index in [9.17, 15) is 19.2 Å².